The van der Waals surface area contributed by atoms with Crippen molar-refractivity contribution in [2.75, 3.05) is 6.54 Å². The summed E-state index contributed by atoms with van der Waals surface area (Å²) in [5.41, 5.74) is 0.973. The minimum absolute atomic E-state index is 0.0429. The van der Waals surface area contributed by atoms with Gasteiger partial charge >= 0.3 is 0 Å². The number of amides is 2. The molecule has 0 aliphatic heterocycles. The Hall–Kier alpha value is -2.93. The molecule has 0 heterocycles. The predicted molar refractivity (Wildman–Crippen MR) is 107 cm³/mol. The predicted octanol–water partition coefficient (Wildman–Crippen LogP) is 3.36. The molecular weight excluding hydrogens is 382 g/mol. The van der Waals surface area contributed by atoms with E-state index in [9.17, 15) is 19.7 Å². The number of halogens is 1. The van der Waals surface area contributed by atoms with Crippen molar-refractivity contribution in [2.24, 2.45) is 5.92 Å². The summed E-state index contributed by atoms with van der Waals surface area (Å²) in [7, 11) is 0. The van der Waals surface area contributed by atoms with Crippen LogP contribution in [0.1, 0.15) is 29.8 Å². The van der Waals surface area contributed by atoms with Crippen molar-refractivity contribution in [3.63, 3.8) is 0 Å². The molecule has 0 aromatic heterocycles. The van der Waals surface area contributed by atoms with Crippen LogP contribution in [0.15, 0.2) is 48.5 Å². The topological polar surface area (TPSA) is 101 Å². The van der Waals surface area contributed by atoms with Gasteiger partial charge in [0.05, 0.1) is 15.5 Å². The lowest BCUT2D eigenvalue weighted by Gasteiger charge is -2.22. The molecule has 0 aliphatic rings. The minimum atomic E-state index is -0.755. The number of hydrogen-bond acceptors (Lipinski definition) is 4. The molecule has 7 nitrogen and oxygen atoms in total. The molecule has 1 atom stereocenters. The van der Waals surface area contributed by atoms with E-state index in [1.807, 2.05) is 44.2 Å². The van der Waals surface area contributed by atoms with Gasteiger partial charge in [-0.15, -0.1) is 0 Å². The molecule has 2 rings (SSSR count). The van der Waals surface area contributed by atoms with Gasteiger partial charge < -0.3 is 10.6 Å². The third-order valence-electron chi connectivity index (χ3n) is 4.20. The van der Waals surface area contributed by atoms with Crippen LogP contribution in [0, 0.1) is 16.0 Å². The Morgan fingerprint density at radius 1 is 1.14 bits per heavy atom. The Morgan fingerprint density at radius 2 is 1.82 bits per heavy atom. The zero-order valence-corrected chi connectivity index (χ0v) is 16.4. The summed E-state index contributed by atoms with van der Waals surface area (Å²) < 4.78 is 0. The van der Waals surface area contributed by atoms with E-state index in [-0.39, 0.29) is 28.1 Å². The molecule has 28 heavy (non-hydrogen) atoms. The first kappa shape index (κ1) is 21.4. The Labute approximate surface area is 168 Å². The summed E-state index contributed by atoms with van der Waals surface area (Å²) in [6, 6.07) is 12.6. The largest absolute Gasteiger partial charge is 0.354 e. The van der Waals surface area contributed by atoms with Crippen LogP contribution in [0.3, 0.4) is 0 Å². The van der Waals surface area contributed by atoms with Gasteiger partial charge in [-0.1, -0.05) is 55.8 Å². The Bertz CT molecular complexity index is 856. The van der Waals surface area contributed by atoms with Crippen molar-refractivity contribution in [3.8, 4) is 0 Å². The molecule has 0 saturated heterocycles. The lowest BCUT2D eigenvalue weighted by molar-refractivity contribution is -0.384. The van der Waals surface area contributed by atoms with Gasteiger partial charge in [0.25, 0.3) is 11.6 Å². The minimum Gasteiger partial charge on any atom is -0.354 e. The number of nitrogens with zero attached hydrogens (tertiary/aromatic N) is 1. The van der Waals surface area contributed by atoms with Gasteiger partial charge in [0.15, 0.2) is 0 Å². The van der Waals surface area contributed by atoms with Crippen molar-refractivity contribution in [1.29, 1.82) is 0 Å². The summed E-state index contributed by atoms with van der Waals surface area (Å²) in [6.07, 6.45) is 0.680. The number of benzene rings is 2. The van der Waals surface area contributed by atoms with E-state index in [1.54, 1.807) is 0 Å². The van der Waals surface area contributed by atoms with E-state index in [4.69, 9.17) is 11.6 Å². The van der Waals surface area contributed by atoms with Crippen LogP contribution < -0.4 is 10.6 Å². The highest BCUT2D eigenvalue weighted by Gasteiger charge is 2.25. The van der Waals surface area contributed by atoms with Gasteiger partial charge in [0.2, 0.25) is 5.91 Å². The molecule has 2 aromatic rings. The fourth-order valence-electron chi connectivity index (χ4n) is 2.64. The van der Waals surface area contributed by atoms with Crippen LogP contribution in [0.25, 0.3) is 0 Å². The molecule has 1 unspecified atom stereocenters. The molecule has 0 radical (unpaired) electrons. The summed E-state index contributed by atoms with van der Waals surface area (Å²) in [5, 5.41) is 16.2. The summed E-state index contributed by atoms with van der Waals surface area (Å²) in [4.78, 5) is 35.2. The first-order valence-electron chi connectivity index (χ1n) is 8.86. The number of carbonyl (C=O) groups is 2. The van der Waals surface area contributed by atoms with Crippen LogP contribution in [0.2, 0.25) is 5.02 Å². The monoisotopic (exact) mass is 403 g/mol. The van der Waals surface area contributed by atoms with E-state index in [1.165, 1.54) is 12.1 Å². The van der Waals surface area contributed by atoms with Crippen molar-refractivity contribution in [3.05, 3.63) is 74.8 Å². The maximum Gasteiger partial charge on any atom is 0.270 e. The van der Waals surface area contributed by atoms with Gasteiger partial charge in [-0.25, -0.2) is 0 Å². The first-order valence-corrected chi connectivity index (χ1v) is 9.24. The van der Waals surface area contributed by atoms with Crippen molar-refractivity contribution < 1.29 is 14.5 Å². The van der Waals surface area contributed by atoms with E-state index >= 15 is 0 Å². The zero-order valence-electron chi connectivity index (χ0n) is 15.6. The Morgan fingerprint density at radius 3 is 2.39 bits per heavy atom. The quantitative estimate of drug-likeness (QED) is 0.521. The molecule has 2 aromatic carbocycles. The smallest absolute Gasteiger partial charge is 0.270 e. The van der Waals surface area contributed by atoms with Gasteiger partial charge in [-0.3, -0.25) is 19.7 Å². The van der Waals surface area contributed by atoms with E-state index in [0.717, 1.165) is 11.6 Å². The highest BCUT2D eigenvalue weighted by Crippen LogP contribution is 2.22. The number of nitro groups is 1. The van der Waals surface area contributed by atoms with Crippen molar-refractivity contribution in [2.45, 2.75) is 26.3 Å². The summed E-state index contributed by atoms with van der Waals surface area (Å²) in [6.45, 7) is 4.08. The van der Waals surface area contributed by atoms with Crippen LogP contribution in [0.5, 0.6) is 0 Å². The molecule has 0 aliphatic carbocycles. The maximum atomic E-state index is 12.5. The number of carbonyl (C=O) groups excluding carboxylic acids is 2. The lowest BCUT2D eigenvalue weighted by atomic mass is 10.0. The Kier molecular flexibility index (Phi) is 7.52. The van der Waals surface area contributed by atoms with Crippen molar-refractivity contribution in [1.82, 2.24) is 10.6 Å². The second kappa shape index (κ2) is 9.85. The third-order valence-corrected chi connectivity index (χ3v) is 4.51. The van der Waals surface area contributed by atoms with E-state index in [2.05, 4.69) is 10.6 Å². The number of hydrogen-bond donors (Lipinski definition) is 2. The summed E-state index contributed by atoms with van der Waals surface area (Å²) >= 11 is 6.00. The average molecular weight is 404 g/mol. The molecule has 2 N–H and O–H groups in total. The number of non-ortho nitro benzene ring substituents is 1. The van der Waals surface area contributed by atoms with Crippen LogP contribution >= 0.6 is 11.6 Å². The summed E-state index contributed by atoms with van der Waals surface area (Å²) in [5.74, 6) is -1.01. The molecule has 0 saturated carbocycles. The standard InChI is InChI=1S/C20H22ClN3O4/c1-13(2)18(20(26)22-11-10-14-6-4-3-5-7-14)23-19(25)16-9-8-15(24(27)28)12-17(16)21/h3-9,12-13,18H,10-11H2,1-2H3,(H,22,26)(H,23,25). The molecular formula is C20H22ClN3O4. The van der Waals surface area contributed by atoms with Crippen LogP contribution in [-0.2, 0) is 11.2 Å². The molecule has 2 amide bonds. The lowest BCUT2D eigenvalue weighted by Crippen LogP contribution is -2.50. The second-order valence-electron chi connectivity index (χ2n) is 6.64. The SMILES string of the molecule is CC(C)C(NC(=O)c1ccc([N+](=O)[O-])cc1Cl)C(=O)NCCc1ccccc1. The zero-order chi connectivity index (χ0) is 20.7. The Balaban J connectivity index is 2.00. The molecule has 0 bridgehead atoms. The third kappa shape index (κ3) is 5.79. The molecule has 0 fully saturated rings. The molecule has 0 spiro atoms. The van der Waals surface area contributed by atoms with Gasteiger partial charge in [0, 0.05) is 18.7 Å². The highest BCUT2D eigenvalue weighted by atomic mass is 35.5. The second-order valence-corrected chi connectivity index (χ2v) is 7.05. The van der Waals surface area contributed by atoms with Gasteiger partial charge in [-0.05, 0) is 24.0 Å². The fourth-order valence-corrected chi connectivity index (χ4v) is 2.90. The number of nitrogens with one attached hydrogen (secondary N) is 2. The van der Waals surface area contributed by atoms with Crippen molar-refractivity contribution >= 4 is 29.1 Å². The number of nitro benzene ring substituents is 1. The van der Waals surface area contributed by atoms with Gasteiger partial charge in [-0.2, -0.15) is 0 Å². The maximum absolute atomic E-state index is 12.5. The normalized spacial score (nSPS) is 11.7. The van der Waals surface area contributed by atoms with Gasteiger partial charge in [0.1, 0.15) is 6.04 Å². The molecule has 148 valence electrons. The van der Waals surface area contributed by atoms with Crippen LogP contribution in [-0.4, -0.2) is 29.3 Å². The van der Waals surface area contributed by atoms with E-state index in [0.29, 0.717) is 13.0 Å². The van der Waals surface area contributed by atoms with E-state index < -0.39 is 16.9 Å². The van der Waals surface area contributed by atoms with Crippen LogP contribution in [0.4, 0.5) is 5.69 Å². The molecule has 8 heteroatoms. The number of rotatable bonds is 8. The fraction of sp³-hybridized carbons (Fsp3) is 0.300. The average Bonchev–Trinajstić information content (AvgIpc) is 2.66. The first-order chi connectivity index (χ1) is 13.3. The highest BCUT2D eigenvalue weighted by molar-refractivity contribution is 6.34.